The molecule has 0 aliphatic heterocycles. The van der Waals surface area contributed by atoms with E-state index in [0.717, 1.165) is 18.1 Å². The van der Waals surface area contributed by atoms with Crippen molar-refractivity contribution in [2.24, 2.45) is 5.84 Å². The Morgan fingerprint density at radius 1 is 1.47 bits per heavy atom. The predicted molar refractivity (Wildman–Crippen MR) is 68.9 cm³/mol. The smallest absolute Gasteiger partial charge is 0.239 e. The Kier molecular flexibility index (Phi) is 5.11. The molecule has 6 nitrogen and oxygen atoms in total. The minimum atomic E-state index is 0.247. The van der Waals surface area contributed by atoms with Gasteiger partial charge in [0.15, 0.2) is 0 Å². The van der Waals surface area contributed by atoms with Crippen LogP contribution in [0.5, 0.6) is 0 Å². The molecule has 0 aliphatic rings. The van der Waals surface area contributed by atoms with Crippen LogP contribution in [0.3, 0.4) is 0 Å². The zero-order chi connectivity index (χ0) is 12.8. The van der Waals surface area contributed by atoms with Crippen molar-refractivity contribution in [3.8, 4) is 0 Å². The molecule has 0 saturated carbocycles. The molecule has 3 N–H and O–H groups in total. The Labute approximate surface area is 102 Å². The Hall–Kier alpha value is -1.40. The number of hydrogen-bond donors (Lipinski definition) is 2. The highest BCUT2D eigenvalue weighted by atomic mass is 16.5. The zero-order valence-electron chi connectivity index (χ0n) is 10.9. The summed E-state index contributed by atoms with van der Waals surface area (Å²) in [6, 6.07) is 1.91. The van der Waals surface area contributed by atoms with Gasteiger partial charge in [-0.05, 0) is 20.8 Å². The molecule has 0 bridgehead atoms. The summed E-state index contributed by atoms with van der Waals surface area (Å²) >= 11 is 0. The second kappa shape index (κ2) is 6.36. The van der Waals surface area contributed by atoms with E-state index in [-0.39, 0.29) is 6.10 Å². The number of nitrogens with two attached hydrogens (primary N) is 1. The van der Waals surface area contributed by atoms with Crippen LogP contribution in [0, 0.1) is 6.92 Å². The largest absolute Gasteiger partial charge is 0.377 e. The molecule has 0 aromatic carbocycles. The lowest BCUT2D eigenvalue weighted by Crippen LogP contribution is -2.25. The van der Waals surface area contributed by atoms with E-state index in [4.69, 9.17) is 10.6 Å². The lowest BCUT2D eigenvalue weighted by molar-refractivity contribution is 0.0845. The maximum atomic E-state index is 5.50. The predicted octanol–water partition coefficient (Wildman–Crippen LogP) is 0.932. The summed E-state index contributed by atoms with van der Waals surface area (Å²) in [5.41, 5.74) is 3.33. The van der Waals surface area contributed by atoms with E-state index in [0.29, 0.717) is 12.6 Å². The second-order valence-corrected chi connectivity index (χ2v) is 4.18. The van der Waals surface area contributed by atoms with Crippen molar-refractivity contribution in [1.82, 2.24) is 9.97 Å². The summed E-state index contributed by atoms with van der Waals surface area (Å²) in [5, 5.41) is 0. The lowest BCUT2D eigenvalue weighted by Gasteiger charge is -2.19. The molecular weight excluding hydrogens is 218 g/mol. The van der Waals surface area contributed by atoms with Crippen molar-refractivity contribution < 1.29 is 4.74 Å². The Morgan fingerprint density at radius 2 is 2.18 bits per heavy atom. The van der Waals surface area contributed by atoms with Crippen LogP contribution in [-0.2, 0) is 4.74 Å². The summed E-state index contributed by atoms with van der Waals surface area (Å²) in [5.74, 6) is 6.57. The van der Waals surface area contributed by atoms with Crippen LogP contribution in [-0.4, -0.2) is 36.3 Å². The molecule has 0 amide bonds. The van der Waals surface area contributed by atoms with Gasteiger partial charge in [-0.2, -0.15) is 4.98 Å². The first kappa shape index (κ1) is 13.7. The molecule has 0 aliphatic carbocycles. The third kappa shape index (κ3) is 4.54. The number of nitrogens with one attached hydrogen (secondary N) is 1. The number of likely N-dealkylation sites (N-methyl/N-ethyl adjacent to an activating group) is 1. The fraction of sp³-hybridized carbons (Fsp3) is 0.636. The summed E-state index contributed by atoms with van der Waals surface area (Å²) in [4.78, 5) is 10.4. The van der Waals surface area contributed by atoms with Gasteiger partial charge in [0.05, 0.1) is 12.7 Å². The highest BCUT2D eigenvalue weighted by Gasteiger charge is 2.06. The van der Waals surface area contributed by atoms with E-state index in [1.807, 2.05) is 38.8 Å². The van der Waals surface area contributed by atoms with Gasteiger partial charge in [0.2, 0.25) is 5.95 Å². The summed E-state index contributed by atoms with van der Waals surface area (Å²) in [7, 11) is 1.96. The van der Waals surface area contributed by atoms with Gasteiger partial charge in [-0.15, -0.1) is 0 Å². The van der Waals surface area contributed by atoms with Gasteiger partial charge in [0.1, 0.15) is 5.82 Å². The van der Waals surface area contributed by atoms with Crippen molar-refractivity contribution in [2.75, 3.05) is 30.5 Å². The molecule has 1 aromatic heterocycles. The number of aryl methyl sites for hydroxylation is 1. The van der Waals surface area contributed by atoms with Crippen molar-refractivity contribution in [2.45, 2.75) is 26.9 Å². The van der Waals surface area contributed by atoms with Crippen molar-refractivity contribution in [3.63, 3.8) is 0 Å². The molecule has 0 unspecified atom stereocenters. The van der Waals surface area contributed by atoms with Crippen LogP contribution >= 0.6 is 0 Å². The molecule has 0 atom stereocenters. The Bertz CT molecular complexity index is 356. The average Bonchev–Trinajstić information content (AvgIpc) is 2.27. The second-order valence-electron chi connectivity index (χ2n) is 4.18. The normalized spacial score (nSPS) is 10.7. The SMILES string of the molecule is Cc1cc(N(C)CCOC(C)C)nc(NN)n1. The number of hydrazine groups is 1. The number of rotatable bonds is 6. The van der Waals surface area contributed by atoms with E-state index < -0.39 is 0 Å². The molecular formula is C11H21N5O. The van der Waals surface area contributed by atoms with Crippen molar-refractivity contribution >= 4 is 11.8 Å². The molecule has 17 heavy (non-hydrogen) atoms. The first-order chi connectivity index (χ1) is 8.02. The fourth-order valence-corrected chi connectivity index (χ4v) is 1.35. The number of hydrogen-bond acceptors (Lipinski definition) is 6. The molecule has 0 spiro atoms. The summed E-state index contributed by atoms with van der Waals surface area (Å²) < 4.78 is 5.50. The van der Waals surface area contributed by atoms with Crippen LogP contribution in [0.1, 0.15) is 19.5 Å². The standard InChI is InChI=1S/C11H21N5O/c1-8(2)17-6-5-16(4)10-7-9(3)13-11(14-10)15-12/h7-8H,5-6,12H2,1-4H3,(H,13,14,15). The molecule has 1 aromatic rings. The minimum absolute atomic E-state index is 0.247. The summed E-state index contributed by atoms with van der Waals surface area (Å²) in [6.45, 7) is 7.39. The number of aromatic nitrogens is 2. The van der Waals surface area contributed by atoms with Crippen molar-refractivity contribution in [1.29, 1.82) is 0 Å². The van der Waals surface area contributed by atoms with Gasteiger partial charge < -0.3 is 9.64 Å². The Morgan fingerprint density at radius 3 is 2.76 bits per heavy atom. The molecule has 6 heteroatoms. The van der Waals surface area contributed by atoms with Gasteiger partial charge in [-0.3, -0.25) is 5.43 Å². The van der Waals surface area contributed by atoms with Crippen LogP contribution in [0.25, 0.3) is 0 Å². The molecule has 1 heterocycles. The van der Waals surface area contributed by atoms with Gasteiger partial charge in [0, 0.05) is 25.4 Å². The lowest BCUT2D eigenvalue weighted by atomic mass is 10.4. The minimum Gasteiger partial charge on any atom is -0.377 e. The summed E-state index contributed by atoms with van der Waals surface area (Å²) in [6.07, 6.45) is 0.247. The van der Waals surface area contributed by atoms with Crippen LogP contribution < -0.4 is 16.2 Å². The highest BCUT2D eigenvalue weighted by molar-refractivity contribution is 5.43. The van der Waals surface area contributed by atoms with E-state index in [2.05, 4.69) is 15.4 Å². The van der Waals surface area contributed by atoms with E-state index >= 15 is 0 Å². The van der Waals surface area contributed by atoms with Crippen molar-refractivity contribution in [3.05, 3.63) is 11.8 Å². The van der Waals surface area contributed by atoms with Gasteiger partial charge in [0.25, 0.3) is 0 Å². The fourth-order valence-electron chi connectivity index (χ4n) is 1.35. The van der Waals surface area contributed by atoms with Gasteiger partial charge >= 0.3 is 0 Å². The van der Waals surface area contributed by atoms with Gasteiger partial charge in [-0.25, -0.2) is 10.8 Å². The van der Waals surface area contributed by atoms with Crippen LogP contribution in [0.4, 0.5) is 11.8 Å². The molecule has 0 radical (unpaired) electrons. The molecule has 1 rings (SSSR count). The number of ether oxygens (including phenoxy) is 1. The van der Waals surface area contributed by atoms with E-state index in [1.165, 1.54) is 0 Å². The monoisotopic (exact) mass is 239 g/mol. The average molecular weight is 239 g/mol. The van der Waals surface area contributed by atoms with Gasteiger partial charge in [-0.1, -0.05) is 0 Å². The maximum Gasteiger partial charge on any atom is 0.239 e. The van der Waals surface area contributed by atoms with E-state index in [9.17, 15) is 0 Å². The molecule has 96 valence electrons. The topological polar surface area (TPSA) is 76.3 Å². The molecule has 0 fully saturated rings. The van der Waals surface area contributed by atoms with E-state index in [1.54, 1.807) is 0 Å². The molecule has 0 saturated heterocycles. The third-order valence-corrected chi connectivity index (χ3v) is 2.24. The maximum absolute atomic E-state index is 5.50. The third-order valence-electron chi connectivity index (χ3n) is 2.24. The number of anilines is 2. The Balaban J connectivity index is 2.61. The quantitative estimate of drug-likeness (QED) is 0.568. The van der Waals surface area contributed by atoms with Crippen LogP contribution in [0.15, 0.2) is 6.07 Å². The number of nitrogen functional groups attached to an aromatic ring is 1. The first-order valence-electron chi connectivity index (χ1n) is 5.68. The van der Waals surface area contributed by atoms with Crippen LogP contribution in [0.2, 0.25) is 0 Å². The highest BCUT2D eigenvalue weighted by Crippen LogP contribution is 2.12. The number of nitrogens with zero attached hydrogens (tertiary/aromatic N) is 3. The first-order valence-corrected chi connectivity index (χ1v) is 5.68. The zero-order valence-corrected chi connectivity index (χ0v) is 10.9.